The number of hydrogen-bond acceptors (Lipinski definition) is 2. The maximum absolute atomic E-state index is 10.6. The molecule has 0 radical (unpaired) electrons. The van der Waals surface area contributed by atoms with Crippen molar-refractivity contribution in [2.45, 2.75) is 39.8 Å². The summed E-state index contributed by atoms with van der Waals surface area (Å²) < 4.78 is 1.87. The van der Waals surface area contributed by atoms with Crippen molar-refractivity contribution in [2.75, 3.05) is 0 Å². The number of rotatable bonds is 3. The minimum absolute atomic E-state index is 0.244. The molecule has 0 spiro atoms. The van der Waals surface area contributed by atoms with Crippen LogP contribution in [0.15, 0.2) is 30.5 Å². The zero-order chi connectivity index (χ0) is 13.3. The molecule has 1 atom stereocenters. The molecule has 0 fully saturated rings. The van der Waals surface area contributed by atoms with Crippen molar-refractivity contribution in [1.29, 1.82) is 0 Å². The molecule has 96 valence electrons. The smallest absolute Gasteiger partial charge is 0.121 e. The summed E-state index contributed by atoms with van der Waals surface area (Å²) >= 11 is 0. The highest BCUT2D eigenvalue weighted by Gasteiger charge is 2.19. The van der Waals surface area contributed by atoms with Crippen LogP contribution in [0.2, 0.25) is 0 Å². The summed E-state index contributed by atoms with van der Waals surface area (Å²) in [6, 6.07) is 8.20. The number of benzene rings is 1. The van der Waals surface area contributed by atoms with E-state index >= 15 is 0 Å². The Morgan fingerprint density at radius 1 is 1.11 bits per heavy atom. The molecular formula is C15H20N2O. The van der Waals surface area contributed by atoms with Crippen LogP contribution in [0, 0.1) is 13.8 Å². The van der Waals surface area contributed by atoms with Gasteiger partial charge in [-0.1, -0.05) is 18.2 Å². The summed E-state index contributed by atoms with van der Waals surface area (Å²) in [6.07, 6.45) is 1.13. The molecule has 1 N–H and O–H groups in total. The summed E-state index contributed by atoms with van der Waals surface area (Å²) in [4.78, 5) is 0. The third kappa shape index (κ3) is 2.18. The van der Waals surface area contributed by atoms with Gasteiger partial charge in [0.05, 0.1) is 5.69 Å². The van der Waals surface area contributed by atoms with Crippen molar-refractivity contribution < 1.29 is 5.11 Å². The van der Waals surface area contributed by atoms with Crippen molar-refractivity contribution in [3.05, 3.63) is 52.8 Å². The van der Waals surface area contributed by atoms with Gasteiger partial charge in [-0.3, -0.25) is 4.68 Å². The van der Waals surface area contributed by atoms with E-state index in [0.29, 0.717) is 0 Å². The highest BCUT2D eigenvalue weighted by atomic mass is 16.3. The first-order chi connectivity index (χ1) is 8.52. The van der Waals surface area contributed by atoms with Gasteiger partial charge in [-0.25, -0.2) is 0 Å². The van der Waals surface area contributed by atoms with Crippen LogP contribution in [-0.2, 0) is 0 Å². The molecule has 0 saturated carbocycles. The number of hydrogen-bond donors (Lipinski definition) is 1. The molecule has 18 heavy (non-hydrogen) atoms. The molecule has 1 heterocycles. The molecule has 0 bridgehead atoms. The molecule has 3 heteroatoms. The molecule has 2 aromatic rings. The first kappa shape index (κ1) is 12.8. The molecule has 1 aromatic heterocycles. The Kier molecular flexibility index (Phi) is 3.53. The second kappa shape index (κ2) is 4.94. The molecule has 0 aliphatic rings. The standard InChI is InChI=1S/C15H20N2O/c1-10(2)17-13(8-9-16-17)15(18)14-11(3)6-5-7-12(14)4/h5-10,15,18H,1-4H3. The molecule has 1 aromatic carbocycles. The van der Waals surface area contributed by atoms with Crippen LogP contribution in [0.5, 0.6) is 0 Å². The summed E-state index contributed by atoms with van der Waals surface area (Å²) in [6.45, 7) is 8.19. The van der Waals surface area contributed by atoms with E-state index in [1.807, 2.05) is 42.8 Å². The maximum Gasteiger partial charge on any atom is 0.121 e. The van der Waals surface area contributed by atoms with E-state index in [2.05, 4.69) is 18.9 Å². The molecule has 0 aliphatic carbocycles. The van der Waals surface area contributed by atoms with Crippen LogP contribution in [0.1, 0.15) is 48.4 Å². The average Bonchev–Trinajstić information content (AvgIpc) is 2.77. The number of nitrogens with zero attached hydrogens (tertiary/aromatic N) is 2. The van der Waals surface area contributed by atoms with Gasteiger partial charge in [0.2, 0.25) is 0 Å². The Bertz CT molecular complexity index is 523. The number of aliphatic hydroxyl groups is 1. The van der Waals surface area contributed by atoms with Crippen LogP contribution in [0.4, 0.5) is 0 Å². The molecule has 0 aliphatic heterocycles. The molecule has 0 amide bonds. The van der Waals surface area contributed by atoms with Gasteiger partial charge in [0.25, 0.3) is 0 Å². The highest BCUT2D eigenvalue weighted by molar-refractivity contribution is 5.38. The third-order valence-corrected chi connectivity index (χ3v) is 3.29. The number of aromatic nitrogens is 2. The highest BCUT2D eigenvalue weighted by Crippen LogP contribution is 2.28. The predicted molar refractivity (Wildman–Crippen MR) is 72.6 cm³/mol. The quantitative estimate of drug-likeness (QED) is 0.900. The van der Waals surface area contributed by atoms with E-state index in [0.717, 1.165) is 22.4 Å². The van der Waals surface area contributed by atoms with E-state index < -0.39 is 6.10 Å². The minimum atomic E-state index is -0.615. The van der Waals surface area contributed by atoms with Gasteiger partial charge in [0.1, 0.15) is 6.10 Å². The van der Waals surface area contributed by atoms with Crippen LogP contribution < -0.4 is 0 Å². The van der Waals surface area contributed by atoms with Gasteiger partial charge in [0, 0.05) is 12.2 Å². The van der Waals surface area contributed by atoms with Gasteiger partial charge in [-0.15, -0.1) is 0 Å². The predicted octanol–water partition coefficient (Wildman–Crippen LogP) is 3.16. The van der Waals surface area contributed by atoms with Crippen LogP contribution >= 0.6 is 0 Å². The molecular weight excluding hydrogens is 224 g/mol. The molecule has 3 nitrogen and oxygen atoms in total. The maximum atomic E-state index is 10.6. The lowest BCUT2D eigenvalue weighted by Crippen LogP contribution is -2.13. The summed E-state index contributed by atoms with van der Waals surface area (Å²) in [7, 11) is 0. The Morgan fingerprint density at radius 2 is 1.72 bits per heavy atom. The second-order valence-electron chi connectivity index (χ2n) is 5.00. The largest absolute Gasteiger partial charge is 0.382 e. The average molecular weight is 244 g/mol. The van der Waals surface area contributed by atoms with Crippen LogP contribution in [0.3, 0.4) is 0 Å². The van der Waals surface area contributed by atoms with E-state index in [1.54, 1.807) is 6.20 Å². The van der Waals surface area contributed by atoms with Crippen molar-refractivity contribution >= 4 is 0 Å². The lowest BCUT2D eigenvalue weighted by Gasteiger charge is -2.19. The fourth-order valence-corrected chi connectivity index (χ4v) is 2.38. The van der Waals surface area contributed by atoms with Gasteiger partial charge >= 0.3 is 0 Å². The lowest BCUT2D eigenvalue weighted by atomic mass is 9.96. The number of aliphatic hydroxyl groups excluding tert-OH is 1. The van der Waals surface area contributed by atoms with Crippen molar-refractivity contribution in [3.8, 4) is 0 Å². The number of aryl methyl sites for hydroxylation is 2. The topological polar surface area (TPSA) is 38.1 Å². The Labute approximate surface area is 108 Å². The third-order valence-electron chi connectivity index (χ3n) is 3.29. The molecule has 1 unspecified atom stereocenters. The van der Waals surface area contributed by atoms with E-state index in [-0.39, 0.29) is 6.04 Å². The van der Waals surface area contributed by atoms with Gasteiger partial charge in [0.15, 0.2) is 0 Å². The molecule has 0 saturated heterocycles. The monoisotopic (exact) mass is 244 g/mol. The normalized spacial score (nSPS) is 13.0. The fraction of sp³-hybridized carbons (Fsp3) is 0.400. The zero-order valence-electron chi connectivity index (χ0n) is 11.4. The van der Waals surface area contributed by atoms with Crippen LogP contribution in [0.25, 0.3) is 0 Å². The van der Waals surface area contributed by atoms with Crippen LogP contribution in [-0.4, -0.2) is 14.9 Å². The summed E-state index contributed by atoms with van der Waals surface area (Å²) in [5.41, 5.74) is 4.06. The van der Waals surface area contributed by atoms with Gasteiger partial charge in [-0.2, -0.15) is 5.10 Å². The first-order valence-corrected chi connectivity index (χ1v) is 6.30. The van der Waals surface area contributed by atoms with Crippen molar-refractivity contribution in [1.82, 2.24) is 9.78 Å². The van der Waals surface area contributed by atoms with E-state index in [9.17, 15) is 5.11 Å². The van der Waals surface area contributed by atoms with Gasteiger partial charge < -0.3 is 5.11 Å². The lowest BCUT2D eigenvalue weighted by molar-refractivity contribution is 0.203. The summed E-state index contributed by atoms with van der Waals surface area (Å²) in [5.74, 6) is 0. The molecule has 2 rings (SSSR count). The Hall–Kier alpha value is -1.61. The SMILES string of the molecule is Cc1cccc(C)c1C(O)c1ccnn1C(C)C. The van der Waals surface area contributed by atoms with Gasteiger partial charge in [-0.05, 0) is 50.5 Å². The Balaban J connectivity index is 2.48. The van der Waals surface area contributed by atoms with E-state index in [4.69, 9.17) is 0 Å². The summed E-state index contributed by atoms with van der Waals surface area (Å²) in [5, 5.41) is 14.9. The zero-order valence-corrected chi connectivity index (χ0v) is 11.4. The minimum Gasteiger partial charge on any atom is -0.382 e. The van der Waals surface area contributed by atoms with E-state index in [1.165, 1.54) is 0 Å². The van der Waals surface area contributed by atoms with Crippen molar-refractivity contribution in [3.63, 3.8) is 0 Å². The first-order valence-electron chi connectivity index (χ1n) is 6.30. The fourth-order valence-electron chi connectivity index (χ4n) is 2.38. The Morgan fingerprint density at radius 3 is 2.28 bits per heavy atom. The van der Waals surface area contributed by atoms with Crippen molar-refractivity contribution in [2.24, 2.45) is 0 Å². The second-order valence-corrected chi connectivity index (χ2v) is 5.00.